The fraction of sp³-hybridized carbons (Fsp3) is 0.421. The third kappa shape index (κ3) is 4.65. The molecule has 26 heavy (non-hydrogen) atoms. The van der Waals surface area contributed by atoms with Crippen molar-refractivity contribution in [3.8, 4) is 5.75 Å². The van der Waals surface area contributed by atoms with E-state index >= 15 is 0 Å². The van der Waals surface area contributed by atoms with Crippen molar-refractivity contribution in [3.05, 3.63) is 34.7 Å². The molecular weight excluding hydrogens is 370 g/mol. The summed E-state index contributed by atoms with van der Waals surface area (Å²) < 4.78 is 6.03. The molecule has 1 aliphatic heterocycles. The van der Waals surface area contributed by atoms with Crippen molar-refractivity contribution < 1.29 is 19.4 Å². The highest BCUT2D eigenvalue weighted by Gasteiger charge is 2.37. The summed E-state index contributed by atoms with van der Waals surface area (Å²) >= 11 is 6.80. The van der Waals surface area contributed by atoms with E-state index in [9.17, 15) is 9.59 Å². The van der Waals surface area contributed by atoms with E-state index in [1.54, 1.807) is 17.0 Å². The average Bonchev–Trinajstić information content (AvgIpc) is 2.90. The number of rotatable bonds is 6. The second-order valence-corrected chi connectivity index (χ2v) is 8.08. The summed E-state index contributed by atoms with van der Waals surface area (Å²) in [5, 5.41) is 8.62. The maximum atomic E-state index is 12.8. The lowest BCUT2D eigenvalue weighted by atomic mass is 9.94. The van der Waals surface area contributed by atoms with Gasteiger partial charge in [0.1, 0.15) is 10.1 Å². The van der Waals surface area contributed by atoms with Crippen LogP contribution in [0.3, 0.4) is 0 Å². The minimum atomic E-state index is -0.887. The summed E-state index contributed by atoms with van der Waals surface area (Å²) in [6.45, 7) is 0.134. The van der Waals surface area contributed by atoms with Crippen LogP contribution in [-0.2, 0) is 9.59 Å². The first kappa shape index (κ1) is 18.9. The van der Waals surface area contributed by atoms with Crippen LogP contribution in [0.4, 0.5) is 0 Å². The summed E-state index contributed by atoms with van der Waals surface area (Å²) in [6, 6.07) is 7.49. The lowest BCUT2D eigenvalue weighted by molar-refractivity contribution is -0.137. The molecule has 1 aromatic carbocycles. The van der Waals surface area contributed by atoms with Gasteiger partial charge in [0.2, 0.25) is 0 Å². The average molecular weight is 392 g/mol. The molecule has 1 heterocycles. The second-order valence-electron chi connectivity index (χ2n) is 6.40. The minimum absolute atomic E-state index is 0.00804. The third-order valence-electron chi connectivity index (χ3n) is 4.53. The van der Waals surface area contributed by atoms with Gasteiger partial charge in [-0.2, -0.15) is 0 Å². The molecule has 1 N–H and O–H groups in total. The number of benzene rings is 1. The normalized spacial score (nSPS) is 20.0. The zero-order valence-electron chi connectivity index (χ0n) is 14.3. The first-order valence-corrected chi connectivity index (χ1v) is 9.99. The van der Waals surface area contributed by atoms with Crippen LogP contribution in [0.5, 0.6) is 5.75 Å². The van der Waals surface area contributed by atoms with Crippen molar-refractivity contribution in [2.24, 2.45) is 0 Å². The van der Waals surface area contributed by atoms with Gasteiger partial charge in [0.25, 0.3) is 5.91 Å². The third-order valence-corrected chi connectivity index (χ3v) is 5.86. The van der Waals surface area contributed by atoms with Gasteiger partial charge in [-0.15, -0.1) is 0 Å². The summed E-state index contributed by atoms with van der Waals surface area (Å²) in [5.41, 5.74) is 0.889. The SMILES string of the molecule is O=C(O)CCOc1ccc(/C=C2/SC(=S)N(C3CCCCC3)C2=O)cc1. The van der Waals surface area contributed by atoms with Gasteiger partial charge in [-0.3, -0.25) is 14.5 Å². The predicted molar refractivity (Wildman–Crippen MR) is 106 cm³/mol. The van der Waals surface area contributed by atoms with Gasteiger partial charge in [-0.05, 0) is 36.6 Å². The molecule has 0 aromatic heterocycles. The molecule has 3 rings (SSSR count). The summed E-state index contributed by atoms with van der Waals surface area (Å²) in [6.07, 6.45) is 7.43. The first-order chi connectivity index (χ1) is 12.5. The van der Waals surface area contributed by atoms with Crippen LogP contribution in [-0.4, -0.2) is 38.9 Å². The quantitative estimate of drug-likeness (QED) is 0.582. The Balaban J connectivity index is 1.65. The number of thiocarbonyl (C=S) groups is 1. The number of thioether (sulfide) groups is 1. The van der Waals surface area contributed by atoms with Crippen LogP contribution in [0.25, 0.3) is 6.08 Å². The lowest BCUT2D eigenvalue weighted by Crippen LogP contribution is -2.39. The zero-order valence-corrected chi connectivity index (χ0v) is 16.0. The number of hydrogen-bond acceptors (Lipinski definition) is 5. The molecule has 138 valence electrons. The van der Waals surface area contributed by atoms with Crippen LogP contribution in [0.2, 0.25) is 0 Å². The number of nitrogens with zero attached hydrogens (tertiary/aromatic N) is 1. The van der Waals surface area contributed by atoms with Gasteiger partial charge >= 0.3 is 5.97 Å². The Kier molecular flexibility index (Phi) is 6.32. The molecule has 2 fully saturated rings. The van der Waals surface area contributed by atoms with E-state index < -0.39 is 5.97 Å². The van der Waals surface area contributed by atoms with Crippen molar-refractivity contribution in [1.82, 2.24) is 4.90 Å². The molecule has 0 bridgehead atoms. The van der Waals surface area contributed by atoms with Gasteiger partial charge in [0.05, 0.1) is 17.9 Å². The smallest absolute Gasteiger partial charge is 0.306 e. The van der Waals surface area contributed by atoms with Crippen LogP contribution >= 0.6 is 24.0 Å². The first-order valence-electron chi connectivity index (χ1n) is 8.76. The molecule has 0 spiro atoms. The number of aliphatic carboxylic acids is 1. The van der Waals surface area contributed by atoms with Crippen molar-refractivity contribution in [3.63, 3.8) is 0 Å². The van der Waals surface area contributed by atoms with Crippen molar-refractivity contribution in [1.29, 1.82) is 0 Å². The standard InChI is InChI=1S/C19H21NO4S2/c21-17(22)10-11-24-15-8-6-13(7-9-15)12-16-18(23)20(19(25)26-16)14-4-2-1-3-5-14/h6-9,12,14H,1-5,10-11H2,(H,21,22)/b16-12+. The fourth-order valence-electron chi connectivity index (χ4n) is 3.20. The highest BCUT2D eigenvalue weighted by atomic mass is 32.2. The number of amides is 1. The van der Waals surface area contributed by atoms with E-state index in [0.29, 0.717) is 15.0 Å². The Bertz CT molecular complexity index is 724. The zero-order chi connectivity index (χ0) is 18.5. The number of carboxylic acids is 1. The molecule has 0 radical (unpaired) electrons. The number of ether oxygens (including phenoxy) is 1. The van der Waals surface area contributed by atoms with Crippen molar-refractivity contribution in [2.75, 3.05) is 6.61 Å². The minimum Gasteiger partial charge on any atom is -0.493 e. The second kappa shape index (κ2) is 8.68. The van der Waals surface area contributed by atoms with Gasteiger partial charge < -0.3 is 9.84 Å². The molecule has 1 amide bonds. The Morgan fingerprint density at radius 2 is 1.96 bits per heavy atom. The molecule has 2 aliphatic rings. The van der Waals surface area contributed by atoms with E-state index in [1.165, 1.54) is 18.2 Å². The lowest BCUT2D eigenvalue weighted by Gasteiger charge is -2.29. The molecule has 1 aromatic rings. The maximum absolute atomic E-state index is 12.8. The topological polar surface area (TPSA) is 66.8 Å². The molecule has 0 atom stereocenters. The Hall–Kier alpha value is -1.86. The fourth-order valence-corrected chi connectivity index (χ4v) is 4.60. The molecule has 7 heteroatoms. The van der Waals surface area contributed by atoms with E-state index in [1.807, 2.05) is 18.2 Å². The van der Waals surface area contributed by atoms with E-state index in [4.69, 9.17) is 22.1 Å². The Morgan fingerprint density at radius 1 is 1.27 bits per heavy atom. The van der Waals surface area contributed by atoms with Crippen LogP contribution in [0, 0.1) is 0 Å². The van der Waals surface area contributed by atoms with Crippen LogP contribution in [0.15, 0.2) is 29.2 Å². The van der Waals surface area contributed by atoms with Gasteiger partial charge in [-0.1, -0.05) is 55.4 Å². The van der Waals surface area contributed by atoms with Crippen molar-refractivity contribution in [2.45, 2.75) is 44.6 Å². The molecule has 1 saturated heterocycles. The van der Waals surface area contributed by atoms with E-state index in [2.05, 4.69) is 0 Å². The predicted octanol–water partition coefficient (Wildman–Crippen LogP) is 4.07. The Morgan fingerprint density at radius 3 is 2.62 bits per heavy atom. The molecule has 1 saturated carbocycles. The summed E-state index contributed by atoms with van der Waals surface area (Å²) in [7, 11) is 0. The van der Waals surface area contributed by atoms with Crippen LogP contribution < -0.4 is 4.74 Å². The van der Waals surface area contributed by atoms with Gasteiger partial charge in [-0.25, -0.2) is 0 Å². The maximum Gasteiger partial charge on any atom is 0.306 e. The Labute approximate surface area is 162 Å². The number of carboxylic acid groups (broad SMARTS) is 1. The highest BCUT2D eigenvalue weighted by Crippen LogP contribution is 2.37. The van der Waals surface area contributed by atoms with Gasteiger partial charge in [0, 0.05) is 6.04 Å². The highest BCUT2D eigenvalue weighted by molar-refractivity contribution is 8.26. The molecule has 0 unspecified atom stereocenters. The van der Waals surface area contributed by atoms with E-state index in [-0.39, 0.29) is 25.0 Å². The van der Waals surface area contributed by atoms with Crippen molar-refractivity contribution >= 4 is 46.3 Å². The largest absolute Gasteiger partial charge is 0.493 e. The number of hydrogen-bond donors (Lipinski definition) is 1. The summed E-state index contributed by atoms with van der Waals surface area (Å²) in [4.78, 5) is 25.7. The molecular formula is C19H21NO4S2. The van der Waals surface area contributed by atoms with Crippen LogP contribution in [0.1, 0.15) is 44.1 Å². The summed E-state index contributed by atoms with van der Waals surface area (Å²) in [5.74, 6) is -0.270. The van der Waals surface area contributed by atoms with Gasteiger partial charge in [0.15, 0.2) is 0 Å². The number of carbonyl (C=O) groups is 2. The molecule has 5 nitrogen and oxygen atoms in total. The van der Waals surface area contributed by atoms with E-state index in [0.717, 1.165) is 31.2 Å². The monoisotopic (exact) mass is 391 g/mol. The molecule has 1 aliphatic carbocycles. The number of carbonyl (C=O) groups excluding carboxylic acids is 1.